The number of primary amides is 1. The third-order valence-electron chi connectivity index (χ3n) is 5.26. The highest BCUT2D eigenvalue weighted by atomic mass is 16.5. The fourth-order valence-corrected chi connectivity index (χ4v) is 3.56. The SMILES string of the molecule is COc1cc2[nH]c(=O)c(C(=O)O)nc2cc1-n1ccc(CN(C(N)=O)c2ccc(C(=O)O)cc2)c1. The Kier molecular flexibility index (Phi) is 5.94. The first-order valence-electron chi connectivity index (χ1n) is 10.1. The smallest absolute Gasteiger partial charge is 0.360 e. The number of carbonyl (C=O) groups excluding carboxylic acids is 1. The standard InChI is InChI=1S/C23H19N5O7/c1-35-18-9-16-15(25-19(22(32)33)20(29)26-16)8-17(18)27-7-6-12(10-27)11-28(23(24)34)14-4-2-13(3-5-14)21(30)31/h2-10H,11H2,1H3,(H2,24,34)(H,26,29)(H,30,31)(H,32,33). The van der Waals surface area contributed by atoms with Gasteiger partial charge >= 0.3 is 18.0 Å². The van der Waals surface area contributed by atoms with Gasteiger partial charge in [-0.25, -0.2) is 19.4 Å². The van der Waals surface area contributed by atoms with Crippen LogP contribution in [0, 0.1) is 0 Å². The van der Waals surface area contributed by atoms with E-state index in [9.17, 15) is 24.3 Å². The number of hydrogen-bond donors (Lipinski definition) is 4. The molecule has 0 aliphatic carbocycles. The number of nitrogens with two attached hydrogens (primary N) is 1. The number of aromatic amines is 1. The van der Waals surface area contributed by atoms with E-state index in [4.69, 9.17) is 15.6 Å². The zero-order chi connectivity index (χ0) is 25.3. The summed E-state index contributed by atoms with van der Waals surface area (Å²) in [5.74, 6) is -2.15. The predicted octanol–water partition coefficient (Wildman–Crippen LogP) is 2.20. The van der Waals surface area contributed by atoms with Crippen molar-refractivity contribution in [3.8, 4) is 11.4 Å². The van der Waals surface area contributed by atoms with Crippen LogP contribution in [-0.4, -0.2) is 49.8 Å². The van der Waals surface area contributed by atoms with Gasteiger partial charge in [-0.1, -0.05) is 0 Å². The van der Waals surface area contributed by atoms with E-state index in [1.54, 1.807) is 29.1 Å². The van der Waals surface area contributed by atoms with E-state index in [2.05, 4.69) is 9.97 Å². The number of nitrogens with one attached hydrogen (secondary N) is 1. The van der Waals surface area contributed by atoms with E-state index in [0.29, 0.717) is 28.2 Å². The third-order valence-corrected chi connectivity index (χ3v) is 5.26. The number of methoxy groups -OCH3 is 1. The number of hydrogen-bond acceptors (Lipinski definition) is 6. The number of rotatable bonds is 7. The Bertz CT molecular complexity index is 1520. The molecule has 4 aromatic rings. The lowest BCUT2D eigenvalue weighted by atomic mass is 10.2. The number of anilines is 1. The van der Waals surface area contributed by atoms with E-state index in [-0.39, 0.29) is 17.6 Å². The molecule has 0 aliphatic heterocycles. The van der Waals surface area contributed by atoms with Gasteiger partial charge < -0.3 is 30.2 Å². The van der Waals surface area contributed by atoms with Gasteiger partial charge in [-0.3, -0.25) is 9.69 Å². The number of urea groups is 1. The summed E-state index contributed by atoms with van der Waals surface area (Å²) in [4.78, 5) is 54.1. The second-order valence-corrected chi connectivity index (χ2v) is 7.46. The number of nitrogens with zero attached hydrogens (tertiary/aromatic N) is 3. The molecule has 0 unspecified atom stereocenters. The summed E-state index contributed by atoms with van der Waals surface area (Å²) in [5, 5.41) is 18.3. The second-order valence-electron chi connectivity index (χ2n) is 7.46. The molecule has 4 rings (SSSR count). The van der Waals surface area contributed by atoms with E-state index >= 15 is 0 Å². The quantitative estimate of drug-likeness (QED) is 0.312. The molecule has 0 saturated heterocycles. The van der Waals surface area contributed by atoms with Gasteiger partial charge in [-0.05, 0) is 42.0 Å². The van der Waals surface area contributed by atoms with Crippen molar-refractivity contribution < 1.29 is 29.3 Å². The fraction of sp³-hybridized carbons (Fsp3) is 0.0870. The molecule has 35 heavy (non-hydrogen) atoms. The first-order valence-corrected chi connectivity index (χ1v) is 10.1. The predicted molar refractivity (Wildman–Crippen MR) is 124 cm³/mol. The van der Waals surface area contributed by atoms with Gasteiger partial charge in [-0.2, -0.15) is 0 Å². The molecule has 2 aromatic carbocycles. The first kappa shape index (κ1) is 23.0. The van der Waals surface area contributed by atoms with Crippen LogP contribution in [0.2, 0.25) is 0 Å². The van der Waals surface area contributed by atoms with E-state index in [1.807, 2.05) is 0 Å². The van der Waals surface area contributed by atoms with Crippen molar-refractivity contribution in [3.63, 3.8) is 0 Å². The Hall–Kier alpha value is -5.13. The van der Waals surface area contributed by atoms with Gasteiger partial charge in [-0.15, -0.1) is 0 Å². The molecule has 2 amide bonds. The van der Waals surface area contributed by atoms with Crippen LogP contribution >= 0.6 is 0 Å². The molecule has 0 spiro atoms. The molecule has 0 saturated carbocycles. The molecule has 0 fully saturated rings. The molecular weight excluding hydrogens is 458 g/mol. The lowest BCUT2D eigenvalue weighted by Gasteiger charge is -2.20. The number of carbonyl (C=O) groups is 3. The van der Waals surface area contributed by atoms with E-state index < -0.39 is 29.2 Å². The summed E-state index contributed by atoms with van der Waals surface area (Å²) >= 11 is 0. The maximum atomic E-state index is 12.1. The number of benzene rings is 2. The molecule has 2 aromatic heterocycles. The summed E-state index contributed by atoms with van der Waals surface area (Å²) in [6.07, 6.45) is 3.42. The fourth-order valence-electron chi connectivity index (χ4n) is 3.56. The zero-order valence-corrected chi connectivity index (χ0v) is 18.3. The second kappa shape index (κ2) is 9.02. The topological polar surface area (TPSA) is 181 Å². The number of carboxylic acid groups (broad SMARTS) is 2. The largest absolute Gasteiger partial charge is 0.494 e. The Balaban J connectivity index is 1.69. The summed E-state index contributed by atoms with van der Waals surface area (Å²) in [6, 6.07) is 9.85. The van der Waals surface area contributed by atoms with Crippen molar-refractivity contribution in [2.45, 2.75) is 6.54 Å². The van der Waals surface area contributed by atoms with Crippen molar-refractivity contribution in [1.29, 1.82) is 0 Å². The summed E-state index contributed by atoms with van der Waals surface area (Å²) < 4.78 is 7.12. The van der Waals surface area contributed by atoms with Gasteiger partial charge in [0.1, 0.15) is 5.75 Å². The van der Waals surface area contributed by atoms with E-state index in [1.165, 1.54) is 42.3 Å². The van der Waals surface area contributed by atoms with Gasteiger partial charge in [0.05, 0.1) is 35.9 Å². The summed E-state index contributed by atoms with van der Waals surface area (Å²) in [7, 11) is 1.45. The minimum Gasteiger partial charge on any atom is -0.494 e. The molecule has 178 valence electrons. The number of H-pyrrole nitrogens is 1. The van der Waals surface area contributed by atoms with Crippen LogP contribution in [0.4, 0.5) is 10.5 Å². The lowest BCUT2D eigenvalue weighted by molar-refractivity contribution is 0.0681. The van der Waals surface area contributed by atoms with Crippen LogP contribution in [0.15, 0.2) is 59.7 Å². The van der Waals surface area contributed by atoms with Crippen LogP contribution in [0.1, 0.15) is 26.4 Å². The molecule has 0 atom stereocenters. The molecule has 0 radical (unpaired) electrons. The average molecular weight is 477 g/mol. The number of aromatic carboxylic acids is 2. The van der Waals surface area contributed by atoms with Crippen molar-refractivity contribution in [2.24, 2.45) is 5.73 Å². The van der Waals surface area contributed by atoms with Crippen LogP contribution in [-0.2, 0) is 6.54 Å². The Morgan fingerprint density at radius 2 is 1.83 bits per heavy atom. The number of ether oxygens (including phenoxy) is 1. The maximum Gasteiger partial charge on any atom is 0.360 e. The van der Waals surface area contributed by atoms with Crippen molar-refractivity contribution in [3.05, 3.63) is 82.0 Å². The van der Waals surface area contributed by atoms with E-state index in [0.717, 1.165) is 0 Å². The lowest BCUT2D eigenvalue weighted by Crippen LogP contribution is -2.35. The zero-order valence-electron chi connectivity index (χ0n) is 18.3. The normalized spacial score (nSPS) is 10.8. The van der Waals surface area contributed by atoms with Crippen LogP contribution < -0.4 is 20.9 Å². The summed E-state index contributed by atoms with van der Waals surface area (Å²) in [5.41, 5.74) is 6.34. The highest BCUT2D eigenvalue weighted by molar-refractivity contribution is 5.92. The third kappa shape index (κ3) is 4.53. The molecule has 0 bridgehead atoms. The number of fused-ring (bicyclic) bond motifs is 1. The average Bonchev–Trinajstić information content (AvgIpc) is 3.29. The first-order chi connectivity index (χ1) is 16.7. The van der Waals surface area contributed by atoms with Gasteiger partial charge in [0.15, 0.2) is 0 Å². The van der Waals surface area contributed by atoms with Crippen molar-refractivity contribution in [2.75, 3.05) is 12.0 Å². The van der Waals surface area contributed by atoms with Crippen LogP contribution in [0.3, 0.4) is 0 Å². The monoisotopic (exact) mass is 477 g/mol. The Morgan fingerprint density at radius 1 is 1.11 bits per heavy atom. The van der Waals surface area contributed by atoms with Gasteiger partial charge in [0.25, 0.3) is 5.56 Å². The van der Waals surface area contributed by atoms with Crippen LogP contribution in [0.25, 0.3) is 16.7 Å². The molecule has 0 aliphatic rings. The molecule has 5 N–H and O–H groups in total. The Labute approximate surface area is 196 Å². The Morgan fingerprint density at radius 3 is 2.43 bits per heavy atom. The van der Waals surface area contributed by atoms with Gasteiger partial charge in [0, 0.05) is 24.1 Å². The molecule has 12 heteroatoms. The highest BCUT2D eigenvalue weighted by Gasteiger charge is 2.17. The molecule has 2 heterocycles. The van der Waals surface area contributed by atoms with Crippen molar-refractivity contribution >= 4 is 34.7 Å². The molecule has 12 nitrogen and oxygen atoms in total. The minimum atomic E-state index is -1.45. The number of carboxylic acids is 2. The van der Waals surface area contributed by atoms with Crippen LogP contribution in [0.5, 0.6) is 5.75 Å². The minimum absolute atomic E-state index is 0.0775. The molecular formula is C23H19N5O7. The maximum absolute atomic E-state index is 12.1. The summed E-state index contributed by atoms with van der Waals surface area (Å²) in [6.45, 7) is 0.0966. The number of amides is 2. The number of aromatic nitrogens is 3. The van der Waals surface area contributed by atoms with Crippen molar-refractivity contribution in [1.82, 2.24) is 14.5 Å². The van der Waals surface area contributed by atoms with Gasteiger partial charge in [0.2, 0.25) is 5.69 Å². The highest BCUT2D eigenvalue weighted by Crippen LogP contribution is 2.28.